The number of carbonyl (C=O) groups is 1. The van der Waals surface area contributed by atoms with Gasteiger partial charge in [-0.1, -0.05) is 0 Å². The molecular formula is C14H17N3O2S. The Labute approximate surface area is 121 Å². The highest BCUT2D eigenvalue weighted by atomic mass is 32.1. The molecule has 0 bridgehead atoms. The third-order valence-electron chi connectivity index (χ3n) is 3.49. The van der Waals surface area contributed by atoms with Crippen molar-refractivity contribution in [1.82, 2.24) is 10.3 Å². The Morgan fingerprint density at radius 3 is 3.05 bits per heavy atom. The predicted molar refractivity (Wildman–Crippen MR) is 80.2 cm³/mol. The van der Waals surface area contributed by atoms with Crippen LogP contribution in [0.1, 0.15) is 27.5 Å². The molecule has 1 saturated heterocycles. The van der Waals surface area contributed by atoms with Gasteiger partial charge in [-0.05, 0) is 26.3 Å². The number of carbonyl (C=O) groups excluding carboxylic acids is 1. The molecule has 1 atom stereocenters. The molecule has 3 N–H and O–H groups in total. The first kappa shape index (κ1) is 13.3. The second-order valence-electron chi connectivity index (χ2n) is 5.10. The number of anilines is 1. The number of hydrogen-bond acceptors (Lipinski definition) is 5. The standard InChI is InChI=1S/C14H17N3O2S/c1-7-5-10-11(8(2)16-7)12(15)13(20-10)14(18)17-9-3-4-19-6-9/h5,9H,3-4,6,15H2,1-2H3,(H,17,18). The fraction of sp³-hybridized carbons (Fsp3) is 0.429. The fourth-order valence-electron chi connectivity index (χ4n) is 2.55. The van der Waals surface area contributed by atoms with E-state index in [0.717, 1.165) is 27.9 Å². The highest BCUT2D eigenvalue weighted by molar-refractivity contribution is 7.21. The number of fused-ring (bicyclic) bond motifs is 1. The van der Waals surface area contributed by atoms with Gasteiger partial charge in [0.25, 0.3) is 5.91 Å². The lowest BCUT2D eigenvalue weighted by molar-refractivity contribution is 0.0935. The SMILES string of the molecule is Cc1cc2sc(C(=O)NC3CCOC3)c(N)c2c(C)n1. The monoisotopic (exact) mass is 291 g/mol. The molecule has 1 amide bonds. The summed E-state index contributed by atoms with van der Waals surface area (Å²) in [6.45, 7) is 5.15. The van der Waals surface area contributed by atoms with Gasteiger partial charge >= 0.3 is 0 Å². The van der Waals surface area contributed by atoms with E-state index in [1.807, 2.05) is 19.9 Å². The Hall–Kier alpha value is -1.66. The summed E-state index contributed by atoms with van der Waals surface area (Å²) in [5.74, 6) is -0.115. The van der Waals surface area contributed by atoms with Gasteiger partial charge in [-0.25, -0.2) is 0 Å². The number of pyridine rings is 1. The van der Waals surface area contributed by atoms with Crippen molar-refractivity contribution >= 4 is 33.0 Å². The van der Waals surface area contributed by atoms with Gasteiger partial charge in [0.2, 0.25) is 0 Å². The normalized spacial score (nSPS) is 18.6. The highest BCUT2D eigenvalue weighted by Gasteiger charge is 2.23. The Morgan fingerprint density at radius 2 is 2.35 bits per heavy atom. The van der Waals surface area contributed by atoms with Crippen molar-refractivity contribution < 1.29 is 9.53 Å². The molecular weight excluding hydrogens is 274 g/mol. The first-order valence-corrected chi connectivity index (χ1v) is 7.42. The number of nitrogen functional groups attached to an aromatic ring is 1. The Bertz CT molecular complexity index is 675. The quantitative estimate of drug-likeness (QED) is 0.887. The summed E-state index contributed by atoms with van der Waals surface area (Å²) >= 11 is 1.43. The second kappa shape index (κ2) is 5.03. The molecule has 3 rings (SSSR count). The Kier molecular flexibility index (Phi) is 3.35. The molecule has 6 heteroatoms. The Morgan fingerprint density at radius 1 is 1.55 bits per heavy atom. The largest absolute Gasteiger partial charge is 0.397 e. The van der Waals surface area contributed by atoms with E-state index in [2.05, 4.69) is 10.3 Å². The van der Waals surface area contributed by atoms with Crippen molar-refractivity contribution in [3.05, 3.63) is 22.3 Å². The van der Waals surface area contributed by atoms with Crippen molar-refractivity contribution in [2.75, 3.05) is 18.9 Å². The number of nitrogens with zero attached hydrogens (tertiary/aromatic N) is 1. The molecule has 1 aliphatic rings. The lowest BCUT2D eigenvalue weighted by Gasteiger charge is -2.09. The molecule has 2 aromatic rings. The summed E-state index contributed by atoms with van der Waals surface area (Å²) in [6, 6.07) is 2.06. The maximum absolute atomic E-state index is 12.3. The van der Waals surface area contributed by atoms with Crippen molar-refractivity contribution in [1.29, 1.82) is 0 Å². The number of nitrogens with one attached hydrogen (secondary N) is 1. The van der Waals surface area contributed by atoms with Gasteiger partial charge in [0.05, 0.1) is 18.3 Å². The van der Waals surface area contributed by atoms with Crippen LogP contribution < -0.4 is 11.1 Å². The molecule has 0 spiro atoms. The fourth-order valence-corrected chi connectivity index (χ4v) is 3.72. The number of ether oxygens (including phenoxy) is 1. The number of aromatic nitrogens is 1. The van der Waals surface area contributed by atoms with Crippen LogP contribution >= 0.6 is 11.3 Å². The maximum atomic E-state index is 12.3. The van der Waals surface area contributed by atoms with Gasteiger partial charge in [-0.2, -0.15) is 0 Å². The van der Waals surface area contributed by atoms with Crippen LogP contribution in [0.3, 0.4) is 0 Å². The highest BCUT2D eigenvalue weighted by Crippen LogP contribution is 2.35. The third kappa shape index (κ3) is 2.25. The molecule has 2 aromatic heterocycles. The second-order valence-corrected chi connectivity index (χ2v) is 6.15. The molecule has 0 saturated carbocycles. The summed E-state index contributed by atoms with van der Waals surface area (Å²) in [5.41, 5.74) is 8.49. The minimum absolute atomic E-state index is 0.0908. The summed E-state index contributed by atoms with van der Waals surface area (Å²) in [4.78, 5) is 17.3. The minimum atomic E-state index is -0.115. The van der Waals surface area contributed by atoms with Crippen LogP contribution in [0.5, 0.6) is 0 Å². The summed E-state index contributed by atoms with van der Waals surface area (Å²) in [6.07, 6.45) is 0.857. The van der Waals surface area contributed by atoms with Crippen LogP contribution in [-0.4, -0.2) is 30.1 Å². The molecule has 1 fully saturated rings. The number of hydrogen-bond donors (Lipinski definition) is 2. The number of rotatable bonds is 2. The van der Waals surface area contributed by atoms with E-state index >= 15 is 0 Å². The molecule has 3 heterocycles. The molecule has 1 aliphatic heterocycles. The van der Waals surface area contributed by atoms with Gasteiger partial charge in [0.15, 0.2) is 0 Å². The molecule has 0 aliphatic carbocycles. The number of aryl methyl sites for hydroxylation is 2. The topological polar surface area (TPSA) is 77.2 Å². The number of nitrogens with two attached hydrogens (primary N) is 1. The van der Waals surface area contributed by atoms with Crippen LogP contribution in [0, 0.1) is 13.8 Å². The summed E-state index contributed by atoms with van der Waals surface area (Å²) < 4.78 is 6.28. The number of thiophene rings is 1. The molecule has 1 unspecified atom stereocenters. The first-order chi connectivity index (χ1) is 9.56. The van der Waals surface area contributed by atoms with Crippen LogP contribution in [0.2, 0.25) is 0 Å². The molecule has 20 heavy (non-hydrogen) atoms. The third-order valence-corrected chi connectivity index (χ3v) is 4.64. The zero-order valence-electron chi connectivity index (χ0n) is 11.5. The van der Waals surface area contributed by atoms with Crippen molar-refractivity contribution in [2.45, 2.75) is 26.3 Å². The molecule has 106 valence electrons. The van der Waals surface area contributed by atoms with Gasteiger partial charge in [-0.3, -0.25) is 9.78 Å². The van der Waals surface area contributed by atoms with Gasteiger partial charge < -0.3 is 15.8 Å². The van der Waals surface area contributed by atoms with E-state index in [9.17, 15) is 4.79 Å². The lowest BCUT2D eigenvalue weighted by atomic mass is 10.2. The van der Waals surface area contributed by atoms with E-state index in [-0.39, 0.29) is 11.9 Å². The van der Waals surface area contributed by atoms with Crippen LogP contribution in [0.25, 0.3) is 10.1 Å². The first-order valence-electron chi connectivity index (χ1n) is 6.61. The van der Waals surface area contributed by atoms with E-state index in [1.54, 1.807) is 0 Å². The smallest absolute Gasteiger partial charge is 0.263 e. The van der Waals surface area contributed by atoms with Crippen LogP contribution in [-0.2, 0) is 4.74 Å². The van der Waals surface area contributed by atoms with Crippen LogP contribution in [0.15, 0.2) is 6.07 Å². The van der Waals surface area contributed by atoms with Crippen molar-refractivity contribution in [3.63, 3.8) is 0 Å². The number of amides is 1. The van der Waals surface area contributed by atoms with E-state index in [4.69, 9.17) is 10.5 Å². The van der Waals surface area contributed by atoms with Gasteiger partial charge in [0.1, 0.15) is 4.88 Å². The summed E-state index contributed by atoms with van der Waals surface area (Å²) in [7, 11) is 0. The minimum Gasteiger partial charge on any atom is -0.397 e. The zero-order chi connectivity index (χ0) is 14.3. The maximum Gasteiger partial charge on any atom is 0.263 e. The van der Waals surface area contributed by atoms with Crippen molar-refractivity contribution in [2.24, 2.45) is 0 Å². The van der Waals surface area contributed by atoms with E-state index in [0.29, 0.717) is 23.8 Å². The molecule has 0 aromatic carbocycles. The molecule has 5 nitrogen and oxygen atoms in total. The molecule has 0 radical (unpaired) electrons. The predicted octanol–water partition coefficient (Wildman–Crippen LogP) is 2.01. The van der Waals surface area contributed by atoms with Gasteiger partial charge in [-0.15, -0.1) is 11.3 Å². The average Bonchev–Trinajstić information content (AvgIpc) is 2.97. The average molecular weight is 291 g/mol. The van der Waals surface area contributed by atoms with Crippen molar-refractivity contribution in [3.8, 4) is 0 Å². The Balaban J connectivity index is 1.97. The summed E-state index contributed by atoms with van der Waals surface area (Å²) in [5, 5.41) is 3.87. The zero-order valence-corrected chi connectivity index (χ0v) is 12.3. The van der Waals surface area contributed by atoms with E-state index < -0.39 is 0 Å². The van der Waals surface area contributed by atoms with E-state index in [1.165, 1.54) is 11.3 Å². The van der Waals surface area contributed by atoms with Crippen LogP contribution in [0.4, 0.5) is 5.69 Å². The van der Waals surface area contributed by atoms with Gasteiger partial charge in [0, 0.05) is 28.1 Å². The lowest BCUT2D eigenvalue weighted by Crippen LogP contribution is -2.34.